The molecule has 0 saturated heterocycles. The Morgan fingerprint density at radius 3 is 2.52 bits per heavy atom. The van der Waals surface area contributed by atoms with Crippen molar-refractivity contribution >= 4 is 22.4 Å². The van der Waals surface area contributed by atoms with Crippen molar-refractivity contribution < 1.29 is 13.6 Å². The molecule has 1 aromatic heterocycles. The SMILES string of the molecule is CCn1nc(C(=O)N/N=C(\C)c2ccc(F)c(F)c2)c2ccccc2c1=O. The molecule has 3 rings (SSSR count). The number of carbonyl (C=O) groups excluding carboxylic acids is 1. The number of hydrogen-bond donors (Lipinski definition) is 1. The van der Waals surface area contributed by atoms with Gasteiger partial charge in [0.05, 0.1) is 11.1 Å². The quantitative estimate of drug-likeness (QED) is 0.567. The fourth-order valence-electron chi connectivity index (χ4n) is 2.59. The minimum Gasteiger partial charge on any atom is -0.267 e. The summed E-state index contributed by atoms with van der Waals surface area (Å²) in [6.45, 7) is 3.60. The number of benzene rings is 2. The number of fused-ring (bicyclic) bond motifs is 1. The van der Waals surface area contributed by atoms with Crippen molar-refractivity contribution in [2.75, 3.05) is 0 Å². The summed E-state index contributed by atoms with van der Waals surface area (Å²) in [5.41, 5.74) is 2.73. The van der Waals surface area contributed by atoms with Crippen LogP contribution in [0.15, 0.2) is 52.4 Å². The Kier molecular flexibility index (Phi) is 5.07. The Morgan fingerprint density at radius 1 is 1.15 bits per heavy atom. The van der Waals surface area contributed by atoms with E-state index in [4.69, 9.17) is 0 Å². The van der Waals surface area contributed by atoms with E-state index in [1.165, 1.54) is 10.7 Å². The van der Waals surface area contributed by atoms with Crippen LogP contribution in [0.3, 0.4) is 0 Å². The number of rotatable bonds is 4. The van der Waals surface area contributed by atoms with Gasteiger partial charge in [-0.15, -0.1) is 0 Å². The number of nitrogens with zero attached hydrogens (tertiary/aromatic N) is 3. The maximum atomic E-state index is 13.3. The highest BCUT2D eigenvalue weighted by atomic mass is 19.2. The number of aryl methyl sites for hydroxylation is 1. The van der Waals surface area contributed by atoms with Crippen LogP contribution in [-0.4, -0.2) is 21.4 Å². The Morgan fingerprint density at radius 2 is 1.85 bits per heavy atom. The van der Waals surface area contributed by atoms with Crippen LogP contribution < -0.4 is 11.0 Å². The van der Waals surface area contributed by atoms with Crippen LogP contribution in [0.2, 0.25) is 0 Å². The van der Waals surface area contributed by atoms with Gasteiger partial charge in [0.25, 0.3) is 11.5 Å². The zero-order valence-corrected chi connectivity index (χ0v) is 14.7. The van der Waals surface area contributed by atoms with Gasteiger partial charge in [-0.3, -0.25) is 9.59 Å². The highest BCUT2D eigenvalue weighted by molar-refractivity contribution is 6.06. The van der Waals surface area contributed by atoms with Crippen LogP contribution in [0, 0.1) is 11.6 Å². The molecule has 0 aliphatic carbocycles. The van der Waals surface area contributed by atoms with Crippen LogP contribution in [0.5, 0.6) is 0 Å². The van der Waals surface area contributed by atoms with Gasteiger partial charge in [-0.05, 0) is 38.1 Å². The third kappa shape index (κ3) is 3.59. The first kappa shape index (κ1) is 18.4. The topological polar surface area (TPSA) is 76.3 Å². The number of amides is 1. The minimum absolute atomic E-state index is 0.0499. The molecule has 0 aliphatic heterocycles. The first-order chi connectivity index (χ1) is 12.9. The fourth-order valence-corrected chi connectivity index (χ4v) is 2.59. The van der Waals surface area contributed by atoms with Gasteiger partial charge < -0.3 is 0 Å². The monoisotopic (exact) mass is 370 g/mol. The van der Waals surface area contributed by atoms with E-state index in [2.05, 4.69) is 15.6 Å². The van der Waals surface area contributed by atoms with E-state index in [9.17, 15) is 18.4 Å². The predicted octanol–water partition coefficient (Wildman–Crippen LogP) is 2.85. The molecule has 0 atom stereocenters. The summed E-state index contributed by atoms with van der Waals surface area (Å²) in [6, 6.07) is 9.99. The lowest BCUT2D eigenvalue weighted by Gasteiger charge is -2.09. The average Bonchev–Trinajstić information content (AvgIpc) is 2.68. The van der Waals surface area contributed by atoms with Crippen molar-refractivity contribution in [1.29, 1.82) is 0 Å². The Labute approximate surface area is 153 Å². The van der Waals surface area contributed by atoms with Gasteiger partial charge in [0.15, 0.2) is 17.3 Å². The van der Waals surface area contributed by atoms with Crippen LogP contribution in [0.1, 0.15) is 29.9 Å². The molecular formula is C19H16F2N4O2. The summed E-state index contributed by atoms with van der Waals surface area (Å²) < 4.78 is 27.6. The molecule has 2 aromatic carbocycles. The molecule has 0 aliphatic rings. The number of hydrogen-bond acceptors (Lipinski definition) is 4. The molecule has 0 unspecified atom stereocenters. The van der Waals surface area contributed by atoms with E-state index < -0.39 is 17.5 Å². The lowest BCUT2D eigenvalue weighted by atomic mass is 10.1. The van der Waals surface area contributed by atoms with Crippen molar-refractivity contribution in [2.24, 2.45) is 5.10 Å². The molecule has 0 bridgehead atoms. The summed E-state index contributed by atoms with van der Waals surface area (Å²) in [7, 11) is 0. The molecule has 6 nitrogen and oxygen atoms in total. The van der Waals surface area contributed by atoms with E-state index in [0.29, 0.717) is 22.9 Å². The number of carbonyl (C=O) groups is 1. The second-order valence-electron chi connectivity index (χ2n) is 5.78. The summed E-state index contributed by atoms with van der Waals surface area (Å²) in [5.74, 6) is -2.58. The molecule has 0 radical (unpaired) electrons. The molecule has 0 spiro atoms. The van der Waals surface area contributed by atoms with E-state index in [-0.39, 0.29) is 17.0 Å². The molecule has 1 heterocycles. The first-order valence-corrected chi connectivity index (χ1v) is 8.22. The van der Waals surface area contributed by atoms with Crippen molar-refractivity contribution in [2.45, 2.75) is 20.4 Å². The molecule has 138 valence electrons. The summed E-state index contributed by atoms with van der Waals surface area (Å²) >= 11 is 0. The van der Waals surface area contributed by atoms with Crippen molar-refractivity contribution in [3.8, 4) is 0 Å². The van der Waals surface area contributed by atoms with Gasteiger partial charge in [0.1, 0.15) is 0 Å². The third-order valence-electron chi connectivity index (χ3n) is 4.04. The highest BCUT2D eigenvalue weighted by Crippen LogP contribution is 2.13. The Bertz CT molecular complexity index is 1120. The molecule has 27 heavy (non-hydrogen) atoms. The van der Waals surface area contributed by atoms with Crippen LogP contribution >= 0.6 is 0 Å². The zero-order chi connectivity index (χ0) is 19.6. The first-order valence-electron chi connectivity index (χ1n) is 8.22. The summed E-state index contributed by atoms with van der Waals surface area (Å²) in [6.07, 6.45) is 0. The molecule has 0 saturated carbocycles. The van der Waals surface area contributed by atoms with E-state index >= 15 is 0 Å². The van der Waals surface area contributed by atoms with Gasteiger partial charge >= 0.3 is 0 Å². The van der Waals surface area contributed by atoms with E-state index in [0.717, 1.165) is 12.1 Å². The van der Waals surface area contributed by atoms with Gasteiger partial charge in [0.2, 0.25) is 0 Å². The number of nitrogens with one attached hydrogen (secondary N) is 1. The molecule has 1 N–H and O–H groups in total. The number of aromatic nitrogens is 2. The maximum Gasteiger partial charge on any atom is 0.292 e. The van der Waals surface area contributed by atoms with Crippen LogP contribution in [0.4, 0.5) is 8.78 Å². The zero-order valence-electron chi connectivity index (χ0n) is 14.7. The van der Waals surface area contributed by atoms with Gasteiger partial charge in [-0.2, -0.15) is 10.2 Å². The molecular weight excluding hydrogens is 354 g/mol. The summed E-state index contributed by atoms with van der Waals surface area (Å²) in [4.78, 5) is 24.9. The summed E-state index contributed by atoms with van der Waals surface area (Å²) in [5, 5.41) is 8.82. The predicted molar refractivity (Wildman–Crippen MR) is 97.7 cm³/mol. The third-order valence-corrected chi connectivity index (χ3v) is 4.04. The van der Waals surface area contributed by atoms with Gasteiger partial charge in [-0.25, -0.2) is 18.9 Å². The number of hydrazone groups is 1. The minimum atomic E-state index is -1.00. The van der Waals surface area contributed by atoms with Crippen molar-refractivity contribution in [3.05, 3.63) is 75.7 Å². The molecule has 0 fully saturated rings. The fraction of sp³-hybridized carbons (Fsp3) is 0.158. The molecule has 3 aromatic rings. The van der Waals surface area contributed by atoms with E-state index in [1.54, 1.807) is 38.1 Å². The van der Waals surface area contributed by atoms with E-state index in [1.807, 2.05) is 0 Å². The van der Waals surface area contributed by atoms with Crippen LogP contribution in [-0.2, 0) is 6.54 Å². The largest absolute Gasteiger partial charge is 0.292 e. The van der Waals surface area contributed by atoms with Gasteiger partial charge in [0, 0.05) is 17.5 Å². The van der Waals surface area contributed by atoms with Gasteiger partial charge in [-0.1, -0.05) is 18.2 Å². The highest BCUT2D eigenvalue weighted by Gasteiger charge is 2.16. The normalized spacial score (nSPS) is 11.6. The standard InChI is InChI=1S/C19H16F2N4O2/c1-3-25-19(27)14-7-5-4-6-13(14)17(24-25)18(26)23-22-11(2)12-8-9-15(20)16(21)10-12/h4-10H,3H2,1-2H3,(H,23,26)/b22-11+. The molecule has 1 amide bonds. The second kappa shape index (κ2) is 7.45. The smallest absolute Gasteiger partial charge is 0.267 e. The lowest BCUT2D eigenvalue weighted by molar-refractivity contribution is 0.0949. The lowest BCUT2D eigenvalue weighted by Crippen LogP contribution is -2.28. The maximum absolute atomic E-state index is 13.3. The van der Waals surface area contributed by atoms with Crippen molar-refractivity contribution in [1.82, 2.24) is 15.2 Å². The second-order valence-corrected chi connectivity index (χ2v) is 5.78. The van der Waals surface area contributed by atoms with Crippen molar-refractivity contribution in [3.63, 3.8) is 0 Å². The Balaban J connectivity index is 1.95. The average molecular weight is 370 g/mol. The van der Waals surface area contributed by atoms with Crippen LogP contribution in [0.25, 0.3) is 10.8 Å². The Hall–Kier alpha value is -3.42. The number of halogens is 2. The molecule has 8 heteroatoms.